The molecule has 2 aromatic carbocycles. The van der Waals surface area contributed by atoms with E-state index in [4.69, 9.17) is 23.7 Å². The van der Waals surface area contributed by atoms with Crippen LogP contribution in [0.1, 0.15) is 83.3 Å². The van der Waals surface area contributed by atoms with Gasteiger partial charge in [0.05, 0.1) is 42.3 Å². The van der Waals surface area contributed by atoms with E-state index in [1.807, 2.05) is 0 Å². The van der Waals surface area contributed by atoms with Crippen molar-refractivity contribution < 1.29 is 73.2 Å². The fourth-order valence-electron chi connectivity index (χ4n) is 9.56. The molecule has 16 heteroatoms. The van der Waals surface area contributed by atoms with E-state index in [-0.39, 0.29) is 35.3 Å². The van der Waals surface area contributed by atoms with Gasteiger partial charge in [-0.1, -0.05) is 62.4 Å². The zero-order valence-corrected chi connectivity index (χ0v) is 34.0. The molecule has 11 unspecified atom stereocenters. The van der Waals surface area contributed by atoms with Crippen LogP contribution in [0.15, 0.2) is 71.8 Å². The molecule has 11 atom stereocenters. The van der Waals surface area contributed by atoms with Gasteiger partial charge in [-0.25, -0.2) is 14.4 Å². The van der Waals surface area contributed by atoms with Crippen molar-refractivity contribution in [2.24, 2.45) is 16.7 Å². The van der Waals surface area contributed by atoms with Crippen LogP contribution >= 0.6 is 0 Å². The lowest BCUT2D eigenvalue weighted by atomic mass is 9.44. The zero-order valence-electron chi connectivity index (χ0n) is 34.0. The van der Waals surface area contributed by atoms with Crippen LogP contribution in [0, 0.1) is 16.7 Å². The third kappa shape index (κ3) is 7.33. The number of fused-ring (bicyclic) bond motifs is 5. The Morgan fingerprint density at radius 3 is 2.15 bits per heavy atom. The molecule has 0 aromatic heterocycles. The third-order valence-electron chi connectivity index (χ3n) is 12.9. The molecule has 3 aliphatic carbocycles. The molecule has 4 aliphatic rings. The van der Waals surface area contributed by atoms with Crippen molar-refractivity contribution in [1.82, 2.24) is 5.32 Å². The minimum absolute atomic E-state index is 0.0672. The van der Waals surface area contributed by atoms with Gasteiger partial charge >= 0.3 is 24.0 Å². The first-order valence-corrected chi connectivity index (χ1v) is 19.5. The van der Waals surface area contributed by atoms with E-state index in [2.05, 4.69) is 5.32 Å². The van der Waals surface area contributed by atoms with Gasteiger partial charge in [0.2, 0.25) is 0 Å². The van der Waals surface area contributed by atoms with Gasteiger partial charge in [0, 0.05) is 25.2 Å². The first-order valence-electron chi connectivity index (χ1n) is 19.5. The number of nitrogens with one attached hydrogen (secondary N) is 1. The Bertz CT molecular complexity index is 2000. The Hall–Kier alpha value is -4.71. The number of aliphatic hydroxyl groups excluding tert-OH is 4. The minimum atomic E-state index is -2.38. The summed E-state index contributed by atoms with van der Waals surface area (Å²) in [6, 6.07) is 14.3. The SMILES string of the molecule is CC(=O)OC12COC1CC(O)C1(C)C(=O)C(O)C3=C(C)C(OC(=O)C(O)C(NC(=O)OC(C)(C)CO)c4ccccc4)CC(O)(C(OC(=O)c4ccccc4)C21)C3(C)C. The summed E-state index contributed by atoms with van der Waals surface area (Å²) in [4.78, 5) is 69.0. The quantitative estimate of drug-likeness (QED) is 0.114. The summed E-state index contributed by atoms with van der Waals surface area (Å²) in [6.07, 6.45) is -11.8. The predicted molar refractivity (Wildman–Crippen MR) is 205 cm³/mol. The Morgan fingerprint density at radius 2 is 1.59 bits per heavy atom. The topological polar surface area (TPSA) is 245 Å². The number of rotatable bonds is 10. The number of alkyl carbamates (subject to hydrolysis) is 1. The Balaban J connectivity index is 1.48. The second kappa shape index (κ2) is 15.7. The largest absolute Gasteiger partial charge is 0.456 e. The number of ether oxygens (including phenoxy) is 5. The first-order chi connectivity index (χ1) is 27.6. The maximum Gasteiger partial charge on any atom is 0.408 e. The number of amides is 1. The Morgan fingerprint density at radius 1 is 0.983 bits per heavy atom. The average Bonchev–Trinajstić information content (AvgIpc) is 3.18. The van der Waals surface area contributed by atoms with Crippen molar-refractivity contribution in [3.63, 3.8) is 0 Å². The van der Waals surface area contributed by atoms with Crippen molar-refractivity contribution >= 4 is 29.8 Å². The number of hydrogen-bond acceptors (Lipinski definition) is 15. The summed E-state index contributed by atoms with van der Waals surface area (Å²) >= 11 is 0. The summed E-state index contributed by atoms with van der Waals surface area (Å²) in [5, 5.41) is 61.1. The molecule has 1 aliphatic heterocycles. The molecule has 2 aromatic rings. The van der Waals surface area contributed by atoms with Crippen LogP contribution in [0.3, 0.4) is 0 Å². The number of esters is 3. The molecular weight excluding hydrogens is 770 g/mol. The molecular formula is C43H53NO15. The van der Waals surface area contributed by atoms with E-state index in [1.54, 1.807) is 36.4 Å². The van der Waals surface area contributed by atoms with Crippen molar-refractivity contribution in [1.29, 1.82) is 0 Å². The molecule has 16 nitrogen and oxygen atoms in total. The third-order valence-corrected chi connectivity index (χ3v) is 12.9. The second-order valence-corrected chi connectivity index (χ2v) is 17.4. The number of hydrogen-bond donors (Lipinski definition) is 6. The van der Waals surface area contributed by atoms with Crippen LogP contribution < -0.4 is 5.32 Å². The molecule has 320 valence electrons. The first kappa shape index (κ1) is 43.9. The molecule has 2 bridgehead atoms. The number of ketones is 1. The fraction of sp³-hybridized carbons (Fsp3) is 0.558. The molecule has 59 heavy (non-hydrogen) atoms. The fourth-order valence-corrected chi connectivity index (χ4v) is 9.56. The van der Waals surface area contributed by atoms with E-state index in [1.165, 1.54) is 65.8 Å². The number of Topliss-reactive ketones (excluding diaryl/α,β-unsaturated/α-hetero) is 1. The Kier molecular flexibility index (Phi) is 11.7. The molecule has 3 fully saturated rings. The molecule has 1 amide bonds. The maximum atomic E-state index is 15.0. The van der Waals surface area contributed by atoms with Crippen LogP contribution in [0.5, 0.6) is 0 Å². The number of carbonyl (C=O) groups is 5. The molecule has 0 spiro atoms. The van der Waals surface area contributed by atoms with Crippen LogP contribution in [0.4, 0.5) is 4.79 Å². The normalized spacial score (nSPS) is 33.3. The highest BCUT2D eigenvalue weighted by molar-refractivity contribution is 5.94. The summed E-state index contributed by atoms with van der Waals surface area (Å²) < 4.78 is 29.4. The Labute approximate surface area is 341 Å². The summed E-state index contributed by atoms with van der Waals surface area (Å²) in [5.74, 6) is -5.47. The van der Waals surface area contributed by atoms with Crippen molar-refractivity contribution in [3.05, 3.63) is 82.9 Å². The summed E-state index contributed by atoms with van der Waals surface area (Å²) in [5.41, 5.74) is -8.74. The van der Waals surface area contributed by atoms with Crippen LogP contribution in [-0.4, -0.2) is 122 Å². The van der Waals surface area contributed by atoms with Crippen molar-refractivity contribution in [2.45, 2.75) is 121 Å². The highest BCUT2D eigenvalue weighted by Gasteiger charge is 2.78. The number of carbonyl (C=O) groups excluding carboxylic acids is 5. The van der Waals surface area contributed by atoms with Crippen molar-refractivity contribution in [3.8, 4) is 0 Å². The standard InChI is InChI=1S/C43H53NO15/c1-22-26(56-37(52)32(49)30(24-14-10-8-11-15-24)44-38(53)59-39(3,4)20-45)19-43(54)35(57-36(51)25-16-12-9-13-17-25)33-41(7,34(50)31(48)29(22)40(43,5)6)27(47)18-28-42(33,21-55-28)58-23(2)46/h8-17,26-28,30-33,35,45,47-49,54H,18-21H2,1-7H3,(H,44,53). The molecule has 1 saturated heterocycles. The van der Waals surface area contributed by atoms with Gasteiger partial charge in [0.25, 0.3) is 0 Å². The van der Waals surface area contributed by atoms with E-state index in [9.17, 15) is 49.5 Å². The maximum absolute atomic E-state index is 15.0. The van der Waals surface area contributed by atoms with E-state index in [0.29, 0.717) is 0 Å². The average molecular weight is 824 g/mol. The van der Waals surface area contributed by atoms with Crippen LogP contribution in [-0.2, 0) is 38.1 Å². The van der Waals surface area contributed by atoms with Gasteiger partial charge in [0.15, 0.2) is 17.5 Å². The summed E-state index contributed by atoms with van der Waals surface area (Å²) in [7, 11) is 0. The monoisotopic (exact) mass is 823 g/mol. The van der Waals surface area contributed by atoms with Crippen LogP contribution in [0.25, 0.3) is 0 Å². The smallest absolute Gasteiger partial charge is 0.408 e. The predicted octanol–water partition coefficient (Wildman–Crippen LogP) is 2.23. The van der Waals surface area contributed by atoms with E-state index >= 15 is 0 Å². The lowest BCUT2D eigenvalue weighted by Crippen LogP contribution is -2.81. The van der Waals surface area contributed by atoms with Crippen molar-refractivity contribution in [2.75, 3.05) is 13.2 Å². The lowest BCUT2D eigenvalue weighted by molar-refractivity contribution is -0.346. The van der Waals surface area contributed by atoms with Gasteiger partial charge in [-0.05, 0) is 56.5 Å². The zero-order chi connectivity index (χ0) is 43.5. The number of benzene rings is 2. The van der Waals surface area contributed by atoms with E-state index < -0.39 is 119 Å². The van der Waals surface area contributed by atoms with Gasteiger partial charge in [0.1, 0.15) is 35.6 Å². The van der Waals surface area contributed by atoms with Gasteiger partial charge < -0.3 is 54.5 Å². The van der Waals surface area contributed by atoms with Crippen LogP contribution in [0.2, 0.25) is 0 Å². The summed E-state index contributed by atoms with van der Waals surface area (Å²) in [6.45, 7) is 9.14. The lowest BCUT2D eigenvalue weighted by Gasteiger charge is -2.67. The van der Waals surface area contributed by atoms with Gasteiger partial charge in [-0.3, -0.25) is 9.59 Å². The second-order valence-electron chi connectivity index (χ2n) is 17.4. The molecule has 6 N–H and O–H groups in total. The molecule has 2 saturated carbocycles. The van der Waals surface area contributed by atoms with Gasteiger partial charge in [-0.2, -0.15) is 0 Å². The van der Waals surface area contributed by atoms with E-state index in [0.717, 1.165) is 6.92 Å². The highest BCUT2D eigenvalue weighted by Crippen LogP contribution is 2.64. The molecule has 0 radical (unpaired) electrons. The van der Waals surface area contributed by atoms with Gasteiger partial charge in [-0.15, -0.1) is 0 Å². The molecule has 1 heterocycles. The molecule has 6 rings (SSSR count). The minimum Gasteiger partial charge on any atom is -0.456 e. The number of aliphatic hydroxyl groups is 5. The highest BCUT2D eigenvalue weighted by atomic mass is 16.6.